The molecule has 4 aromatic rings. The molecule has 0 aliphatic carbocycles. The van der Waals surface area contributed by atoms with Gasteiger partial charge in [-0.1, -0.05) is 77.8 Å². The van der Waals surface area contributed by atoms with Gasteiger partial charge in [0.15, 0.2) is 0 Å². The van der Waals surface area contributed by atoms with Crippen molar-refractivity contribution >= 4 is 73.4 Å². The molecule has 0 unspecified atom stereocenters. The number of carbonyl (C=O) groups excluding carboxylic acids is 2. The number of hydrogen-bond donors (Lipinski definition) is 2. The highest BCUT2D eigenvalue weighted by Gasteiger charge is 2.26. The topological polar surface area (TPSA) is 102 Å². The molecule has 0 aromatic heterocycles. The molecule has 4 aromatic carbocycles. The molecule has 7 nitrogen and oxygen atoms in total. The Morgan fingerprint density at radius 1 is 0.900 bits per heavy atom. The van der Waals surface area contributed by atoms with Gasteiger partial charge < -0.3 is 10.1 Å². The number of sulfonamides is 1. The second-order valence-electron chi connectivity index (χ2n) is 8.69. The predicted molar refractivity (Wildman–Crippen MR) is 165 cm³/mol. The van der Waals surface area contributed by atoms with Gasteiger partial charge in [0.25, 0.3) is 15.9 Å². The Balaban J connectivity index is 1.58. The molecular weight excluding hydrogens is 686 g/mol. The van der Waals surface area contributed by atoms with Crippen LogP contribution < -0.4 is 10.0 Å². The SMILES string of the molecule is COC(=O)[C@H](Cc1ccc(-c2ccccc2)cc1)NC(=O)c1cc(I)ccc1NS(=O)(=O)c1cc(Cl)ccc1Cl. The molecule has 1 atom stereocenters. The quantitative estimate of drug-likeness (QED) is 0.151. The van der Waals surface area contributed by atoms with Crippen LogP contribution in [0, 0.1) is 3.57 Å². The van der Waals surface area contributed by atoms with Crippen molar-refractivity contribution in [3.05, 3.63) is 116 Å². The zero-order chi connectivity index (χ0) is 28.9. The minimum atomic E-state index is -4.20. The van der Waals surface area contributed by atoms with Gasteiger partial charge in [-0.3, -0.25) is 9.52 Å². The fourth-order valence-corrected chi connectivity index (χ4v) is 6.28. The highest BCUT2D eigenvalue weighted by atomic mass is 127. The zero-order valence-electron chi connectivity index (χ0n) is 21.0. The first-order chi connectivity index (χ1) is 19.1. The van der Waals surface area contributed by atoms with Crippen molar-refractivity contribution in [1.29, 1.82) is 0 Å². The third-order valence-electron chi connectivity index (χ3n) is 5.95. The summed E-state index contributed by atoms with van der Waals surface area (Å²) in [5, 5.41) is 2.85. The molecule has 11 heteroatoms. The normalized spacial score (nSPS) is 11.9. The lowest BCUT2D eigenvalue weighted by molar-refractivity contribution is -0.142. The van der Waals surface area contributed by atoms with E-state index in [2.05, 4.69) is 10.0 Å². The molecule has 0 aliphatic rings. The first-order valence-corrected chi connectivity index (χ1v) is 15.2. The maximum atomic E-state index is 13.4. The van der Waals surface area contributed by atoms with E-state index in [-0.39, 0.29) is 32.6 Å². The van der Waals surface area contributed by atoms with Gasteiger partial charge in [-0.2, -0.15) is 0 Å². The fourth-order valence-electron chi connectivity index (χ4n) is 3.95. The number of anilines is 1. The Morgan fingerprint density at radius 3 is 2.25 bits per heavy atom. The molecule has 4 rings (SSSR count). The summed E-state index contributed by atoms with van der Waals surface area (Å²) in [6, 6.07) is 25.1. The monoisotopic (exact) mass is 708 g/mol. The van der Waals surface area contributed by atoms with Crippen LogP contribution in [0.15, 0.2) is 95.9 Å². The smallest absolute Gasteiger partial charge is 0.328 e. The summed E-state index contributed by atoms with van der Waals surface area (Å²) in [5.41, 5.74) is 2.89. The van der Waals surface area contributed by atoms with Crippen LogP contribution in [-0.2, 0) is 26.0 Å². The van der Waals surface area contributed by atoms with Gasteiger partial charge >= 0.3 is 5.97 Å². The molecule has 0 saturated heterocycles. The van der Waals surface area contributed by atoms with E-state index in [1.165, 1.54) is 37.4 Å². The van der Waals surface area contributed by atoms with Gasteiger partial charge in [-0.15, -0.1) is 0 Å². The lowest BCUT2D eigenvalue weighted by Crippen LogP contribution is -2.43. The van der Waals surface area contributed by atoms with Crippen LogP contribution in [0.4, 0.5) is 5.69 Å². The van der Waals surface area contributed by atoms with Gasteiger partial charge in [0.1, 0.15) is 10.9 Å². The molecule has 2 N–H and O–H groups in total. The molecule has 1 amide bonds. The van der Waals surface area contributed by atoms with E-state index in [0.29, 0.717) is 3.57 Å². The summed E-state index contributed by atoms with van der Waals surface area (Å²) >= 11 is 14.1. The average molecular weight is 709 g/mol. The molecule has 0 bridgehead atoms. The minimum absolute atomic E-state index is 0.00443. The Labute approximate surface area is 256 Å². The Kier molecular flexibility index (Phi) is 9.72. The second-order valence-corrected chi connectivity index (χ2v) is 12.4. The number of nitrogens with one attached hydrogen (secondary N) is 2. The molecule has 206 valence electrons. The van der Waals surface area contributed by atoms with Crippen molar-refractivity contribution in [2.24, 2.45) is 0 Å². The average Bonchev–Trinajstić information content (AvgIpc) is 2.95. The zero-order valence-corrected chi connectivity index (χ0v) is 25.5. The molecule has 0 saturated carbocycles. The fraction of sp³-hybridized carbons (Fsp3) is 0.103. The van der Waals surface area contributed by atoms with E-state index in [4.69, 9.17) is 27.9 Å². The third kappa shape index (κ3) is 7.34. The summed E-state index contributed by atoms with van der Waals surface area (Å²) < 4.78 is 34.3. The van der Waals surface area contributed by atoms with Crippen molar-refractivity contribution in [3.8, 4) is 11.1 Å². The van der Waals surface area contributed by atoms with Crippen LogP contribution in [0.3, 0.4) is 0 Å². The molecule has 0 aliphatic heterocycles. The van der Waals surface area contributed by atoms with Crippen LogP contribution in [-0.4, -0.2) is 33.4 Å². The maximum absolute atomic E-state index is 13.4. The highest BCUT2D eigenvalue weighted by Crippen LogP contribution is 2.29. The van der Waals surface area contributed by atoms with Crippen LogP contribution >= 0.6 is 45.8 Å². The van der Waals surface area contributed by atoms with Crippen LogP contribution in [0.1, 0.15) is 15.9 Å². The number of halogens is 3. The van der Waals surface area contributed by atoms with Crippen molar-refractivity contribution in [2.75, 3.05) is 11.8 Å². The van der Waals surface area contributed by atoms with Gasteiger partial charge in [0.05, 0.1) is 23.4 Å². The first kappa shape index (κ1) is 29.9. The maximum Gasteiger partial charge on any atom is 0.328 e. The van der Waals surface area contributed by atoms with E-state index in [0.717, 1.165) is 16.7 Å². The largest absolute Gasteiger partial charge is 0.467 e. The molecule has 0 radical (unpaired) electrons. The summed E-state index contributed by atoms with van der Waals surface area (Å²) in [6.07, 6.45) is 0.163. The summed E-state index contributed by atoms with van der Waals surface area (Å²) in [4.78, 5) is 25.8. The molecule has 40 heavy (non-hydrogen) atoms. The number of hydrogen-bond acceptors (Lipinski definition) is 5. The van der Waals surface area contributed by atoms with Gasteiger partial charge in [-0.25, -0.2) is 13.2 Å². The van der Waals surface area contributed by atoms with E-state index >= 15 is 0 Å². The number of ether oxygens (including phenoxy) is 1. The van der Waals surface area contributed by atoms with Gasteiger partial charge in [0.2, 0.25) is 0 Å². The Hall–Kier alpha value is -3.12. The van der Waals surface area contributed by atoms with Crippen LogP contribution in [0.2, 0.25) is 10.0 Å². The lowest BCUT2D eigenvalue weighted by atomic mass is 10.0. The number of carbonyl (C=O) groups is 2. The van der Waals surface area contributed by atoms with E-state index in [9.17, 15) is 18.0 Å². The second kappa shape index (κ2) is 13.0. The molecular formula is C29H23Cl2IN2O5S. The van der Waals surface area contributed by atoms with Crippen LogP contribution in [0.5, 0.6) is 0 Å². The Bertz CT molecular complexity index is 1650. The number of rotatable bonds is 9. The highest BCUT2D eigenvalue weighted by molar-refractivity contribution is 14.1. The molecule has 0 spiro atoms. The lowest BCUT2D eigenvalue weighted by Gasteiger charge is -2.19. The number of esters is 1. The van der Waals surface area contributed by atoms with Crippen molar-refractivity contribution in [3.63, 3.8) is 0 Å². The van der Waals surface area contributed by atoms with Crippen LogP contribution in [0.25, 0.3) is 11.1 Å². The number of benzene rings is 4. The van der Waals surface area contributed by atoms with E-state index < -0.39 is 27.9 Å². The predicted octanol–water partition coefficient (Wildman–Crippen LogP) is 6.58. The Morgan fingerprint density at radius 2 is 1.57 bits per heavy atom. The van der Waals surface area contributed by atoms with E-state index in [1.807, 2.05) is 77.2 Å². The van der Waals surface area contributed by atoms with Gasteiger partial charge in [-0.05, 0) is 75.7 Å². The first-order valence-electron chi connectivity index (χ1n) is 11.9. The summed E-state index contributed by atoms with van der Waals surface area (Å²) in [5.74, 6) is -1.30. The van der Waals surface area contributed by atoms with Gasteiger partial charge in [0, 0.05) is 15.0 Å². The van der Waals surface area contributed by atoms with Crippen molar-refractivity contribution in [2.45, 2.75) is 17.4 Å². The summed E-state index contributed by atoms with van der Waals surface area (Å²) in [7, 11) is -2.97. The number of methoxy groups -OCH3 is 1. The standard InChI is InChI=1S/C29H23Cl2IN2O5S/c1-39-29(36)26(15-18-7-9-20(10-8-18)19-5-3-2-4-6-19)33-28(35)23-17-22(32)12-14-25(23)34-40(37,38)27-16-21(30)11-13-24(27)31/h2-14,16-17,26,34H,15H2,1H3,(H,33,35)/t26-/m0/s1. The number of amides is 1. The van der Waals surface area contributed by atoms with Crippen molar-refractivity contribution < 1.29 is 22.7 Å². The third-order valence-corrected chi connectivity index (χ3v) is 8.70. The summed E-state index contributed by atoms with van der Waals surface area (Å²) in [6.45, 7) is 0. The van der Waals surface area contributed by atoms with E-state index in [1.54, 1.807) is 6.07 Å². The van der Waals surface area contributed by atoms with Crippen molar-refractivity contribution in [1.82, 2.24) is 5.32 Å². The molecule has 0 fully saturated rings. The molecule has 0 heterocycles. The minimum Gasteiger partial charge on any atom is -0.467 e.